The molecule has 5 rings (SSSR count). The van der Waals surface area contributed by atoms with Crippen molar-refractivity contribution in [2.45, 2.75) is 33.7 Å². The van der Waals surface area contributed by atoms with E-state index in [9.17, 15) is 13.6 Å². The third kappa shape index (κ3) is 4.88. The van der Waals surface area contributed by atoms with Gasteiger partial charge in [0.25, 0.3) is 17.2 Å². The van der Waals surface area contributed by atoms with Crippen LogP contribution in [0.25, 0.3) is 22.3 Å². The first-order valence-corrected chi connectivity index (χ1v) is 13.5. The molecular formula is C30H28N4O3S. The number of rotatable bonds is 7. The number of hydrogen-bond donors (Lipinski definition) is 1. The number of imidazole rings is 1. The van der Waals surface area contributed by atoms with E-state index in [-0.39, 0.29) is 0 Å². The Kier molecular flexibility index (Phi) is 7.18. The number of nitrogens with zero attached hydrogens (tertiary/aromatic N) is 4. The molecule has 8 heteroatoms. The van der Waals surface area contributed by atoms with Crippen LogP contribution in [0.1, 0.15) is 39.9 Å². The van der Waals surface area contributed by atoms with Gasteiger partial charge in [0.05, 0.1) is 12.2 Å². The smallest absolute Gasteiger partial charge is 0.272 e. The summed E-state index contributed by atoms with van der Waals surface area (Å²) in [6.07, 6.45) is 0.796. The number of hydrogen-bond acceptors (Lipinski definition) is 4. The molecule has 7 nitrogen and oxygen atoms in total. The molecule has 1 atom stereocenters. The van der Waals surface area contributed by atoms with Crippen molar-refractivity contribution in [3.63, 3.8) is 0 Å². The molecule has 3 aromatic carbocycles. The summed E-state index contributed by atoms with van der Waals surface area (Å²) in [5, 5.41) is 0. The number of anilines is 1. The highest BCUT2D eigenvalue weighted by atomic mass is 32.2. The number of fused-ring (bicyclic) bond motifs is 1. The zero-order valence-electron chi connectivity index (χ0n) is 21.5. The van der Waals surface area contributed by atoms with E-state index < -0.39 is 17.2 Å². The Morgan fingerprint density at radius 2 is 1.63 bits per heavy atom. The molecule has 1 N–H and O–H groups in total. The van der Waals surface area contributed by atoms with Crippen LogP contribution in [0.2, 0.25) is 0 Å². The minimum Gasteiger partial charge on any atom is -0.308 e. The van der Waals surface area contributed by atoms with Crippen LogP contribution in [0.5, 0.6) is 0 Å². The van der Waals surface area contributed by atoms with Gasteiger partial charge in [0.15, 0.2) is 5.65 Å². The summed E-state index contributed by atoms with van der Waals surface area (Å²) in [6.45, 7) is 6.77. The second-order valence-corrected chi connectivity index (χ2v) is 9.96. The summed E-state index contributed by atoms with van der Waals surface area (Å²) in [6, 6.07) is 25.7. The van der Waals surface area contributed by atoms with E-state index >= 15 is 0 Å². The Morgan fingerprint density at radius 1 is 0.947 bits per heavy atom. The largest absolute Gasteiger partial charge is 0.308 e. The van der Waals surface area contributed by atoms with E-state index in [2.05, 4.69) is 24.5 Å². The quantitative estimate of drug-likeness (QED) is 0.260. The van der Waals surface area contributed by atoms with E-state index in [0.29, 0.717) is 23.4 Å². The van der Waals surface area contributed by atoms with Gasteiger partial charge in [-0.25, -0.2) is 18.5 Å². The third-order valence-electron chi connectivity index (χ3n) is 6.51. The van der Waals surface area contributed by atoms with Crippen molar-refractivity contribution in [2.24, 2.45) is 0 Å². The molecule has 192 valence electrons. The second-order valence-electron chi connectivity index (χ2n) is 9.13. The average molecular weight is 525 g/mol. The molecule has 0 aliphatic rings. The molecule has 0 spiro atoms. The van der Waals surface area contributed by atoms with Crippen LogP contribution in [0.3, 0.4) is 0 Å². The molecule has 5 aromatic rings. The molecule has 1 unspecified atom stereocenters. The lowest BCUT2D eigenvalue weighted by Gasteiger charge is -2.21. The van der Waals surface area contributed by atoms with Crippen LogP contribution < -0.4 is 4.31 Å². The minimum absolute atomic E-state index is 0.332. The predicted molar refractivity (Wildman–Crippen MR) is 151 cm³/mol. The van der Waals surface area contributed by atoms with Gasteiger partial charge >= 0.3 is 0 Å². The lowest BCUT2D eigenvalue weighted by atomic mass is 10.0. The molecule has 0 aliphatic heterocycles. The van der Waals surface area contributed by atoms with Gasteiger partial charge < -0.3 is 4.57 Å². The lowest BCUT2D eigenvalue weighted by molar-refractivity contribution is 0.100. The van der Waals surface area contributed by atoms with Crippen molar-refractivity contribution >= 4 is 34.0 Å². The highest BCUT2D eigenvalue weighted by Crippen LogP contribution is 2.33. The minimum atomic E-state index is -2.55. The van der Waals surface area contributed by atoms with E-state index in [1.165, 1.54) is 0 Å². The molecular weight excluding hydrogens is 496 g/mol. The molecule has 0 aliphatic carbocycles. The zero-order valence-corrected chi connectivity index (χ0v) is 22.3. The first-order valence-electron chi connectivity index (χ1n) is 12.4. The van der Waals surface area contributed by atoms with Gasteiger partial charge in [0.1, 0.15) is 11.3 Å². The molecule has 0 bridgehead atoms. The Balaban J connectivity index is 1.49. The normalized spacial score (nSPS) is 12.0. The first-order chi connectivity index (χ1) is 18.4. The molecule has 0 fully saturated rings. The molecule has 0 saturated heterocycles. The molecule has 1 amide bonds. The van der Waals surface area contributed by atoms with Gasteiger partial charge in [0, 0.05) is 23.2 Å². The van der Waals surface area contributed by atoms with Crippen molar-refractivity contribution in [1.82, 2.24) is 14.5 Å². The Hall–Kier alpha value is -4.14. The number of benzene rings is 3. The summed E-state index contributed by atoms with van der Waals surface area (Å²) in [4.78, 5) is 22.8. The monoisotopic (exact) mass is 524 g/mol. The average Bonchev–Trinajstić information content (AvgIpc) is 3.27. The maximum atomic E-state index is 13.2. The van der Waals surface area contributed by atoms with Crippen molar-refractivity contribution in [3.8, 4) is 11.1 Å². The fourth-order valence-corrected chi connectivity index (χ4v) is 5.29. The van der Waals surface area contributed by atoms with E-state index in [4.69, 9.17) is 9.97 Å². The maximum Gasteiger partial charge on any atom is 0.272 e. The van der Waals surface area contributed by atoms with Crippen LogP contribution in [-0.4, -0.2) is 29.2 Å². The SMILES string of the molecule is CCc1nc2c(C)cc(C)nc2n1Cc1ccc(-c2ccccc2N(C(=O)c2ccccc2)S(=O)O)cc1. The van der Waals surface area contributed by atoms with Crippen LogP contribution in [0, 0.1) is 13.8 Å². The highest BCUT2D eigenvalue weighted by molar-refractivity contribution is 7.81. The third-order valence-corrected chi connectivity index (χ3v) is 7.18. The molecule has 2 aromatic heterocycles. The van der Waals surface area contributed by atoms with Crippen molar-refractivity contribution in [3.05, 3.63) is 113 Å². The number of aryl methyl sites for hydroxylation is 3. The second kappa shape index (κ2) is 10.7. The Morgan fingerprint density at radius 3 is 2.32 bits per heavy atom. The van der Waals surface area contributed by atoms with Crippen LogP contribution in [0.15, 0.2) is 84.9 Å². The fraction of sp³-hybridized carbons (Fsp3) is 0.167. The first kappa shape index (κ1) is 25.5. The van der Waals surface area contributed by atoms with E-state index in [1.54, 1.807) is 42.5 Å². The summed E-state index contributed by atoms with van der Waals surface area (Å²) < 4.78 is 25.5. The van der Waals surface area contributed by atoms with Gasteiger partial charge in [-0.3, -0.25) is 9.35 Å². The van der Waals surface area contributed by atoms with Crippen molar-refractivity contribution < 1.29 is 13.6 Å². The van der Waals surface area contributed by atoms with Crippen molar-refractivity contribution in [2.75, 3.05) is 4.31 Å². The zero-order chi connectivity index (χ0) is 26.8. The molecule has 2 heterocycles. The van der Waals surface area contributed by atoms with Crippen LogP contribution >= 0.6 is 0 Å². The van der Waals surface area contributed by atoms with Crippen LogP contribution in [0.4, 0.5) is 5.69 Å². The highest BCUT2D eigenvalue weighted by Gasteiger charge is 2.25. The van der Waals surface area contributed by atoms with Gasteiger partial charge in [-0.05, 0) is 54.8 Å². The number of carbonyl (C=O) groups excluding carboxylic acids is 1. The van der Waals surface area contributed by atoms with Gasteiger partial charge in [-0.2, -0.15) is 0 Å². The number of pyridine rings is 1. The molecule has 38 heavy (non-hydrogen) atoms. The van der Waals surface area contributed by atoms with Crippen LogP contribution in [-0.2, 0) is 24.2 Å². The Bertz CT molecular complexity index is 1650. The van der Waals surface area contributed by atoms with Gasteiger partial charge in [-0.1, -0.05) is 67.6 Å². The van der Waals surface area contributed by atoms with Gasteiger partial charge in [0.2, 0.25) is 0 Å². The summed E-state index contributed by atoms with van der Waals surface area (Å²) in [7, 11) is 0. The number of carbonyl (C=O) groups is 1. The molecule has 0 radical (unpaired) electrons. The maximum absolute atomic E-state index is 13.2. The summed E-state index contributed by atoms with van der Waals surface area (Å²) in [5.74, 6) is 0.434. The van der Waals surface area contributed by atoms with E-state index in [0.717, 1.165) is 50.1 Å². The lowest BCUT2D eigenvalue weighted by Crippen LogP contribution is -2.32. The summed E-state index contributed by atoms with van der Waals surface area (Å²) in [5.41, 5.74) is 7.16. The predicted octanol–water partition coefficient (Wildman–Crippen LogP) is 6.11. The molecule has 0 saturated carbocycles. The van der Waals surface area contributed by atoms with Crippen molar-refractivity contribution in [1.29, 1.82) is 0 Å². The topological polar surface area (TPSA) is 88.3 Å². The standard InChI is InChI=1S/C30H28N4O3S/c1-4-27-32-28-20(2)18-21(3)31-29(28)33(27)19-22-14-16-23(17-15-22)25-12-8-9-13-26(25)34(38(36)37)30(35)24-10-6-5-7-11-24/h5-18H,4,19H2,1-3H3,(H,36,37). The number of aromatic nitrogens is 3. The number of para-hydroxylation sites is 1. The Labute approximate surface area is 224 Å². The van der Waals surface area contributed by atoms with E-state index in [1.807, 2.05) is 43.3 Å². The number of amides is 1. The fourth-order valence-electron chi connectivity index (χ4n) is 4.71. The summed E-state index contributed by atoms with van der Waals surface area (Å²) >= 11 is -2.55. The van der Waals surface area contributed by atoms with Gasteiger partial charge in [-0.15, -0.1) is 0 Å².